The van der Waals surface area contributed by atoms with Crippen molar-refractivity contribution >= 4 is 11.7 Å². The number of nitrogens with one attached hydrogen (secondary N) is 1. The maximum atomic E-state index is 12.3. The standard InChI is InChI=1S/C17H24N6O/c1-4-23-16(24)6-5-13(17(23)14-10-20-22(3)11-14)9-19-15-7-8-18-12(2)21-15/h7-8,10-11,13,17H,4-6,9H2,1-3H3,(H,18,19,21)/t13-,17+/m1/s1. The number of hydrogen-bond acceptors (Lipinski definition) is 5. The zero-order chi connectivity index (χ0) is 17.1. The Morgan fingerprint density at radius 2 is 2.25 bits per heavy atom. The lowest BCUT2D eigenvalue weighted by molar-refractivity contribution is -0.138. The first-order valence-electron chi connectivity index (χ1n) is 8.40. The second-order valence-corrected chi connectivity index (χ2v) is 6.24. The number of aryl methyl sites for hydroxylation is 2. The van der Waals surface area contributed by atoms with Gasteiger partial charge in [-0.1, -0.05) is 0 Å². The van der Waals surface area contributed by atoms with Gasteiger partial charge in [-0.25, -0.2) is 9.97 Å². The van der Waals surface area contributed by atoms with E-state index in [9.17, 15) is 4.79 Å². The molecule has 0 bridgehead atoms. The van der Waals surface area contributed by atoms with E-state index >= 15 is 0 Å². The number of piperidine rings is 1. The number of likely N-dealkylation sites (tertiary alicyclic amines) is 1. The van der Waals surface area contributed by atoms with Gasteiger partial charge in [-0.2, -0.15) is 5.10 Å². The maximum absolute atomic E-state index is 12.3. The average molecular weight is 328 g/mol. The fourth-order valence-electron chi connectivity index (χ4n) is 3.44. The van der Waals surface area contributed by atoms with Crippen LogP contribution in [0.2, 0.25) is 0 Å². The number of anilines is 1. The Labute approximate surface area is 142 Å². The van der Waals surface area contributed by atoms with Crippen molar-refractivity contribution in [2.45, 2.75) is 32.7 Å². The lowest BCUT2D eigenvalue weighted by Crippen LogP contribution is -2.44. The van der Waals surface area contributed by atoms with Gasteiger partial charge in [0.15, 0.2) is 0 Å². The van der Waals surface area contributed by atoms with Gasteiger partial charge in [0.2, 0.25) is 5.91 Å². The van der Waals surface area contributed by atoms with Crippen molar-refractivity contribution in [3.05, 3.63) is 36.0 Å². The monoisotopic (exact) mass is 328 g/mol. The van der Waals surface area contributed by atoms with E-state index in [1.54, 1.807) is 10.9 Å². The van der Waals surface area contributed by atoms with Crippen molar-refractivity contribution in [1.82, 2.24) is 24.6 Å². The Hall–Kier alpha value is -2.44. The third-order valence-corrected chi connectivity index (χ3v) is 4.56. The summed E-state index contributed by atoms with van der Waals surface area (Å²) in [5.74, 6) is 2.12. The Bertz CT molecular complexity index is 713. The van der Waals surface area contributed by atoms with Crippen LogP contribution in [0.1, 0.15) is 37.2 Å². The Morgan fingerprint density at radius 3 is 2.92 bits per heavy atom. The Balaban J connectivity index is 1.79. The zero-order valence-corrected chi connectivity index (χ0v) is 14.4. The number of aromatic nitrogens is 4. The molecular formula is C17H24N6O. The lowest BCUT2D eigenvalue weighted by Gasteiger charge is -2.40. The fraction of sp³-hybridized carbons (Fsp3) is 0.529. The molecule has 0 saturated carbocycles. The molecule has 0 aliphatic carbocycles. The summed E-state index contributed by atoms with van der Waals surface area (Å²) in [6, 6.07) is 1.93. The van der Waals surface area contributed by atoms with E-state index in [0.29, 0.717) is 18.9 Å². The molecule has 1 aliphatic heterocycles. The summed E-state index contributed by atoms with van der Waals surface area (Å²) in [6.07, 6.45) is 7.10. The second kappa shape index (κ2) is 6.98. The van der Waals surface area contributed by atoms with Gasteiger partial charge in [0.1, 0.15) is 11.6 Å². The first kappa shape index (κ1) is 16.4. The summed E-state index contributed by atoms with van der Waals surface area (Å²) < 4.78 is 1.79. The third kappa shape index (κ3) is 3.39. The topological polar surface area (TPSA) is 75.9 Å². The number of carbonyl (C=O) groups is 1. The summed E-state index contributed by atoms with van der Waals surface area (Å²) in [4.78, 5) is 22.8. The van der Waals surface area contributed by atoms with Crippen LogP contribution in [0.15, 0.2) is 24.7 Å². The molecule has 0 radical (unpaired) electrons. The van der Waals surface area contributed by atoms with Gasteiger partial charge in [-0.3, -0.25) is 9.48 Å². The van der Waals surface area contributed by atoms with Gasteiger partial charge in [0.25, 0.3) is 0 Å². The van der Waals surface area contributed by atoms with Crippen LogP contribution in [0.25, 0.3) is 0 Å². The van der Waals surface area contributed by atoms with Gasteiger partial charge < -0.3 is 10.2 Å². The number of rotatable bonds is 5. The van der Waals surface area contributed by atoms with Crippen molar-refractivity contribution < 1.29 is 4.79 Å². The minimum Gasteiger partial charge on any atom is -0.370 e. The van der Waals surface area contributed by atoms with Gasteiger partial charge in [0.05, 0.1) is 12.2 Å². The van der Waals surface area contributed by atoms with Crippen LogP contribution in [0, 0.1) is 12.8 Å². The highest BCUT2D eigenvalue weighted by Gasteiger charge is 2.36. The van der Waals surface area contributed by atoms with Crippen molar-refractivity contribution in [3.63, 3.8) is 0 Å². The molecule has 3 heterocycles. The molecule has 0 spiro atoms. The number of carbonyl (C=O) groups excluding carboxylic acids is 1. The first-order valence-corrected chi connectivity index (χ1v) is 8.40. The van der Waals surface area contributed by atoms with E-state index in [1.165, 1.54) is 0 Å². The van der Waals surface area contributed by atoms with Crippen LogP contribution in [-0.2, 0) is 11.8 Å². The van der Waals surface area contributed by atoms with Gasteiger partial charge >= 0.3 is 0 Å². The molecular weight excluding hydrogens is 304 g/mol. The van der Waals surface area contributed by atoms with Gasteiger partial charge in [-0.15, -0.1) is 0 Å². The van der Waals surface area contributed by atoms with E-state index in [-0.39, 0.29) is 11.9 Å². The number of nitrogens with zero attached hydrogens (tertiary/aromatic N) is 5. The van der Waals surface area contributed by atoms with Gasteiger partial charge in [-0.05, 0) is 26.3 Å². The minimum absolute atomic E-state index is 0.0559. The molecule has 0 unspecified atom stereocenters. The van der Waals surface area contributed by atoms with Crippen LogP contribution >= 0.6 is 0 Å². The first-order chi connectivity index (χ1) is 11.6. The summed E-state index contributed by atoms with van der Waals surface area (Å²) >= 11 is 0. The second-order valence-electron chi connectivity index (χ2n) is 6.24. The van der Waals surface area contributed by atoms with Crippen molar-refractivity contribution in [3.8, 4) is 0 Å². The largest absolute Gasteiger partial charge is 0.370 e. The minimum atomic E-state index is 0.0559. The van der Waals surface area contributed by atoms with E-state index in [4.69, 9.17) is 0 Å². The van der Waals surface area contributed by atoms with E-state index in [0.717, 1.165) is 30.2 Å². The highest BCUT2D eigenvalue weighted by Crippen LogP contribution is 2.36. The molecule has 3 rings (SSSR count). The Morgan fingerprint density at radius 1 is 1.42 bits per heavy atom. The van der Waals surface area contributed by atoms with Crippen LogP contribution in [0.5, 0.6) is 0 Å². The van der Waals surface area contributed by atoms with Gasteiger partial charge in [0, 0.05) is 50.4 Å². The summed E-state index contributed by atoms with van der Waals surface area (Å²) in [6.45, 7) is 5.38. The molecule has 128 valence electrons. The summed E-state index contributed by atoms with van der Waals surface area (Å²) in [7, 11) is 1.90. The number of hydrogen-bond donors (Lipinski definition) is 1. The van der Waals surface area contributed by atoms with Crippen molar-refractivity contribution in [2.24, 2.45) is 13.0 Å². The highest BCUT2D eigenvalue weighted by molar-refractivity contribution is 5.77. The Kier molecular flexibility index (Phi) is 4.78. The summed E-state index contributed by atoms with van der Waals surface area (Å²) in [5.41, 5.74) is 1.10. The van der Waals surface area contributed by atoms with E-state index in [1.807, 2.05) is 44.3 Å². The molecule has 24 heavy (non-hydrogen) atoms. The molecule has 0 aromatic carbocycles. The molecule has 1 amide bonds. The smallest absolute Gasteiger partial charge is 0.223 e. The molecule has 2 atom stereocenters. The molecule has 7 heteroatoms. The highest BCUT2D eigenvalue weighted by atomic mass is 16.2. The van der Waals surface area contributed by atoms with E-state index in [2.05, 4.69) is 20.4 Å². The third-order valence-electron chi connectivity index (χ3n) is 4.56. The molecule has 2 aromatic rings. The SMILES string of the molecule is CCN1C(=O)CC[C@H](CNc2ccnc(C)n2)[C@H]1c1cnn(C)c1. The number of amides is 1. The molecule has 1 N–H and O–H groups in total. The normalized spacial score (nSPS) is 21.1. The average Bonchev–Trinajstić information content (AvgIpc) is 2.99. The van der Waals surface area contributed by atoms with Crippen molar-refractivity contribution in [2.75, 3.05) is 18.4 Å². The molecule has 7 nitrogen and oxygen atoms in total. The molecule has 1 saturated heterocycles. The van der Waals surface area contributed by atoms with Crippen LogP contribution in [-0.4, -0.2) is 43.6 Å². The van der Waals surface area contributed by atoms with Crippen LogP contribution in [0.3, 0.4) is 0 Å². The van der Waals surface area contributed by atoms with Crippen molar-refractivity contribution in [1.29, 1.82) is 0 Å². The maximum Gasteiger partial charge on any atom is 0.223 e. The van der Waals surface area contributed by atoms with E-state index < -0.39 is 0 Å². The predicted octanol–water partition coefficient (Wildman–Crippen LogP) is 1.93. The van der Waals surface area contributed by atoms with Crippen LogP contribution in [0.4, 0.5) is 5.82 Å². The van der Waals surface area contributed by atoms with Crippen LogP contribution < -0.4 is 5.32 Å². The predicted molar refractivity (Wildman–Crippen MR) is 91.3 cm³/mol. The molecule has 1 fully saturated rings. The summed E-state index contributed by atoms with van der Waals surface area (Å²) in [5, 5.41) is 7.69. The zero-order valence-electron chi connectivity index (χ0n) is 14.4. The molecule has 2 aromatic heterocycles. The lowest BCUT2D eigenvalue weighted by atomic mass is 9.85. The molecule has 1 aliphatic rings. The fourth-order valence-corrected chi connectivity index (χ4v) is 3.44. The quantitative estimate of drug-likeness (QED) is 0.907.